The number of halogens is 1. The van der Waals surface area contributed by atoms with E-state index in [2.05, 4.69) is 42.4 Å². The number of rotatable bonds is 6. The summed E-state index contributed by atoms with van der Waals surface area (Å²) in [4.78, 5) is 4.87. The number of aliphatic hydroxyl groups is 1. The molecule has 6 rings (SSSR count). The third-order valence-corrected chi connectivity index (χ3v) is 7.79. The van der Waals surface area contributed by atoms with E-state index in [1.54, 1.807) is 17.0 Å². The zero-order valence-electron chi connectivity index (χ0n) is 23.3. The van der Waals surface area contributed by atoms with Gasteiger partial charge in [0.1, 0.15) is 17.7 Å². The van der Waals surface area contributed by atoms with Gasteiger partial charge in [0, 0.05) is 30.8 Å². The highest BCUT2D eigenvalue weighted by Crippen LogP contribution is 2.42. The zero-order chi connectivity index (χ0) is 28.0. The number of aryl methyl sites for hydroxylation is 1. The van der Waals surface area contributed by atoms with Gasteiger partial charge in [-0.3, -0.25) is 0 Å². The number of aromatic nitrogens is 4. The van der Waals surface area contributed by atoms with Crippen LogP contribution in [0.1, 0.15) is 51.2 Å². The highest BCUT2D eigenvalue weighted by Gasteiger charge is 2.28. The van der Waals surface area contributed by atoms with Crippen LogP contribution in [0, 0.1) is 5.82 Å². The van der Waals surface area contributed by atoms with Crippen LogP contribution in [-0.2, 0) is 19.0 Å². The summed E-state index contributed by atoms with van der Waals surface area (Å²) < 4.78 is 24.1. The van der Waals surface area contributed by atoms with Gasteiger partial charge in [-0.15, -0.1) is 10.2 Å². The fraction of sp³-hybridized carbons (Fsp3) is 0.344. The van der Waals surface area contributed by atoms with Crippen LogP contribution in [0.2, 0.25) is 0 Å². The normalized spacial score (nSPS) is 17.6. The van der Waals surface area contributed by atoms with Gasteiger partial charge >= 0.3 is 0 Å². The minimum absolute atomic E-state index is 0.0884. The number of benzene rings is 3. The molecule has 1 aliphatic rings. The summed E-state index contributed by atoms with van der Waals surface area (Å²) in [6, 6.07) is 17.3. The molecular formula is C32H34FN5O2. The Bertz CT molecular complexity index is 1670. The Morgan fingerprint density at radius 2 is 1.88 bits per heavy atom. The molecule has 1 aliphatic carbocycles. The summed E-state index contributed by atoms with van der Waals surface area (Å²) in [5.74, 6) is 0.274. The first-order valence-electron chi connectivity index (χ1n) is 13.8. The van der Waals surface area contributed by atoms with Gasteiger partial charge in [0.15, 0.2) is 11.4 Å². The van der Waals surface area contributed by atoms with E-state index in [1.165, 1.54) is 6.07 Å². The first-order valence-corrected chi connectivity index (χ1v) is 13.8. The summed E-state index contributed by atoms with van der Waals surface area (Å²) in [7, 11) is 1.84. The van der Waals surface area contributed by atoms with E-state index < -0.39 is 5.82 Å². The second kappa shape index (κ2) is 10.3. The van der Waals surface area contributed by atoms with Crippen molar-refractivity contribution in [3.63, 3.8) is 0 Å². The Morgan fingerprint density at radius 3 is 2.55 bits per heavy atom. The van der Waals surface area contributed by atoms with Crippen LogP contribution in [-0.4, -0.2) is 37.0 Å². The SMILES string of the molecule is Cn1cnnc1-c1c(-c2ccccc2)ccc(F)c1-c1nc2cc(CNC3CCCC3O)cc(C(C)(C)C)c2o1. The Labute approximate surface area is 233 Å². The van der Waals surface area contributed by atoms with Crippen molar-refractivity contribution in [2.24, 2.45) is 7.05 Å². The highest BCUT2D eigenvalue weighted by molar-refractivity contribution is 5.92. The maximum absolute atomic E-state index is 15.8. The fourth-order valence-electron chi connectivity index (χ4n) is 5.67. The molecule has 40 heavy (non-hydrogen) atoms. The van der Waals surface area contributed by atoms with Crippen LogP contribution in [0.5, 0.6) is 0 Å². The quantitative estimate of drug-likeness (QED) is 0.260. The maximum Gasteiger partial charge on any atom is 0.231 e. The molecule has 0 aliphatic heterocycles. The first kappa shape index (κ1) is 26.3. The van der Waals surface area contributed by atoms with Crippen molar-refractivity contribution in [1.29, 1.82) is 0 Å². The third kappa shape index (κ3) is 4.82. The number of hydrogen-bond donors (Lipinski definition) is 2. The summed E-state index contributed by atoms with van der Waals surface area (Å²) in [6.07, 6.45) is 4.11. The van der Waals surface area contributed by atoms with E-state index in [1.807, 2.05) is 43.4 Å². The molecule has 206 valence electrons. The number of oxazole rings is 1. The molecule has 7 nitrogen and oxygen atoms in total. The number of nitrogens with one attached hydrogen (secondary N) is 1. The molecule has 0 radical (unpaired) electrons. The molecule has 2 aromatic heterocycles. The molecule has 0 saturated heterocycles. The van der Waals surface area contributed by atoms with Gasteiger partial charge in [-0.05, 0) is 53.5 Å². The largest absolute Gasteiger partial charge is 0.436 e. The van der Waals surface area contributed by atoms with Crippen molar-refractivity contribution in [2.75, 3.05) is 0 Å². The van der Waals surface area contributed by atoms with Gasteiger partial charge in [-0.2, -0.15) is 0 Å². The first-order chi connectivity index (χ1) is 19.2. The van der Waals surface area contributed by atoms with Crippen LogP contribution in [0.15, 0.2) is 65.3 Å². The highest BCUT2D eigenvalue weighted by atomic mass is 19.1. The Balaban J connectivity index is 1.53. The zero-order valence-corrected chi connectivity index (χ0v) is 23.3. The van der Waals surface area contributed by atoms with E-state index in [9.17, 15) is 5.11 Å². The Kier molecular flexibility index (Phi) is 6.76. The van der Waals surface area contributed by atoms with Gasteiger partial charge in [0.2, 0.25) is 5.89 Å². The Morgan fingerprint density at radius 1 is 1.07 bits per heavy atom. The number of aliphatic hydroxyl groups excluding tert-OH is 1. The summed E-state index contributed by atoms with van der Waals surface area (Å²) in [6.45, 7) is 6.99. The molecule has 5 aromatic rings. The minimum atomic E-state index is -0.446. The van der Waals surface area contributed by atoms with Gasteiger partial charge in [0.25, 0.3) is 0 Å². The van der Waals surface area contributed by atoms with Gasteiger partial charge in [-0.1, -0.05) is 63.2 Å². The molecule has 2 atom stereocenters. The van der Waals surface area contributed by atoms with Crippen LogP contribution >= 0.6 is 0 Å². The molecule has 2 heterocycles. The van der Waals surface area contributed by atoms with E-state index in [0.29, 0.717) is 29.0 Å². The lowest BCUT2D eigenvalue weighted by molar-refractivity contribution is 0.148. The van der Waals surface area contributed by atoms with E-state index in [4.69, 9.17) is 9.40 Å². The molecule has 1 fully saturated rings. The predicted octanol–water partition coefficient (Wildman–Crippen LogP) is 6.40. The topological polar surface area (TPSA) is 89.0 Å². The van der Waals surface area contributed by atoms with Crippen LogP contribution in [0.3, 0.4) is 0 Å². The molecule has 0 spiro atoms. The average Bonchev–Trinajstić information content (AvgIpc) is 3.66. The Hall–Kier alpha value is -3.88. The molecular weight excluding hydrogens is 505 g/mol. The lowest BCUT2D eigenvalue weighted by Crippen LogP contribution is -2.35. The fourth-order valence-corrected chi connectivity index (χ4v) is 5.67. The van der Waals surface area contributed by atoms with E-state index >= 15 is 4.39 Å². The number of nitrogens with zero attached hydrogens (tertiary/aromatic N) is 4. The van der Waals surface area contributed by atoms with Crippen molar-refractivity contribution in [3.05, 3.63) is 77.9 Å². The van der Waals surface area contributed by atoms with Crippen molar-refractivity contribution < 1.29 is 13.9 Å². The van der Waals surface area contributed by atoms with E-state index in [-0.39, 0.29) is 29.0 Å². The van der Waals surface area contributed by atoms with Crippen LogP contribution in [0.25, 0.3) is 45.1 Å². The number of hydrogen-bond acceptors (Lipinski definition) is 6. The summed E-state index contributed by atoms with van der Waals surface area (Å²) in [5.41, 5.74) is 5.67. The average molecular weight is 540 g/mol. The van der Waals surface area contributed by atoms with Gasteiger partial charge < -0.3 is 19.4 Å². The molecule has 2 N–H and O–H groups in total. The van der Waals surface area contributed by atoms with Crippen LogP contribution < -0.4 is 5.32 Å². The maximum atomic E-state index is 15.8. The van der Waals surface area contributed by atoms with Gasteiger partial charge in [0.05, 0.1) is 11.7 Å². The molecule has 3 aromatic carbocycles. The van der Waals surface area contributed by atoms with Gasteiger partial charge in [-0.25, -0.2) is 9.37 Å². The number of fused-ring (bicyclic) bond motifs is 1. The van der Waals surface area contributed by atoms with E-state index in [0.717, 1.165) is 41.5 Å². The molecule has 8 heteroatoms. The van der Waals surface area contributed by atoms with Crippen molar-refractivity contribution in [1.82, 2.24) is 25.1 Å². The molecule has 1 saturated carbocycles. The standard InChI is InChI=1S/C32H34FN5O2/c1-32(2,3)22-15-19(17-34-24-11-8-12-26(24)39)16-25-29(22)40-31(36-25)28-23(33)14-13-21(20-9-6-5-7-10-20)27(28)30-37-35-18-38(30)4/h5-7,9-10,13-16,18,24,26,34,39H,8,11-12,17H2,1-4H3. The van der Waals surface area contributed by atoms with Crippen LogP contribution in [0.4, 0.5) is 4.39 Å². The molecule has 2 unspecified atom stereocenters. The molecule has 0 bridgehead atoms. The predicted molar refractivity (Wildman–Crippen MR) is 154 cm³/mol. The van der Waals surface area contributed by atoms with Crippen molar-refractivity contribution in [2.45, 2.75) is 64.1 Å². The van der Waals surface area contributed by atoms with Crippen molar-refractivity contribution >= 4 is 11.1 Å². The lowest BCUT2D eigenvalue weighted by atomic mass is 9.85. The second-order valence-corrected chi connectivity index (χ2v) is 11.7. The summed E-state index contributed by atoms with van der Waals surface area (Å²) in [5, 5.41) is 22.2. The molecule has 0 amide bonds. The smallest absolute Gasteiger partial charge is 0.231 e. The van der Waals surface area contributed by atoms with Crippen molar-refractivity contribution in [3.8, 4) is 34.0 Å². The minimum Gasteiger partial charge on any atom is -0.436 e. The summed E-state index contributed by atoms with van der Waals surface area (Å²) >= 11 is 0. The third-order valence-electron chi connectivity index (χ3n) is 7.79. The monoisotopic (exact) mass is 539 g/mol. The second-order valence-electron chi connectivity index (χ2n) is 11.7. The lowest BCUT2D eigenvalue weighted by Gasteiger charge is -2.21.